The summed E-state index contributed by atoms with van der Waals surface area (Å²) in [5.41, 5.74) is 2.75. The molecule has 0 unspecified atom stereocenters. The van der Waals surface area contributed by atoms with E-state index in [0.29, 0.717) is 6.04 Å². The summed E-state index contributed by atoms with van der Waals surface area (Å²) in [7, 11) is 0. The highest BCUT2D eigenvalue weighted by molar-refractivity contribution is 5.85. The number of hydrogen-bond acceptors (Lipinski definition) is 1. The average Bonchev–Trinajstić information content (AvgIpc) is 2.54. The second kappa shape index (κ2) is 6.55. The number of fused-ring (bicyclic) bond motifs is 1. The summed E-state index contributed by atoms with van der Waals surface area (Å²) in [6.45, 7) is 3.18. The molecule has 3 rings (SSSR count). The van der Waals surface area contributed by atoms with E-state index in [0.717, 1.165) is 13.0 Å². The molecule has 0 saturated heterocycles. The first kappa shape index (κ1) is 13.8. The van der Waals surface area contributed by atoms with Crippen molar-refractivity contribution in [2.24, 2.45) is 0 Å². The SMILES string of the molecule is C[C@@H](Cc1cccc2ccccc12)NCc1ccccc1. The van der Waals surface area contributed by atoms with Gasteiger partial charge in [-0.05, 0) is 35.2 Å². The molecule has 21 heavy (non-hydrogen) atoms. The van der Waals surface area contributed by atoms with Crippen LogP contribution in [0, 0.1) is 0 Å². The highest BCUT2D eigenvalue weighted by Crippen LogP contribution is 2.19. The first-order valence-electron chi connectivity index (χ1n) is 7.57. The normalized spacial score (nSPS) is 12.4. The Labute approximate surface area is 126 Å². The van der Waals surface area contributed by atoms with E-state index >= 15 is 0 Å². The molecule has 0 heterocycles. The molecular formula is C20H21N. The van der Waals surface area contributed by atoms with Crippen molar-refractivity contribution in [2.75, 3.05) is 0 Å². The molecule has 0 saturated carbocycles. The lowest BCUT2D eigenvalue weighted by Crippen LogP contribution is -2.27. The van der Waals surface area contributed by atoms with Crippen LogP contribution in [0.3, 0.4) is 0 Å². The van der Waals surface area contributed by atoms with Gasteiger partial charge in [0.2, 0.25) is 0 Å². The summed E-state index contributed by atoms with van der Waals surface area (Å²) in [5.74, 6) is 0. The molecule has 1 N–H and O–H groups in total. The second-order valence-corrected chi connectivity index (χ2v) is 5.61. The Kier molecular flexibility index (Phi) is 4.32. The van der Waals surface area contributed by atoms with Gasteiger partial charge < -0.3 is 5.32 Å². The molecule has 0 amide bonds. The second-order valence-electron chi connectivity index (χ2n) is 5.61. The third-order valence-corrected chi connectivity index (χ3v) is 3.90. The summed E-state index contributed by atoms with van der Waals surface area (Å²) in [5, 5.41) is 6.31. The van der Waals surface area contributed by atoms with Gasteiger partial charge in [0.25, 0.3) is 0 Å². The molecule has 1 nitrogen and oxygen atoms in total. The quantitative estimate of drug-likeness (QED) is 0.719. The van der Waals surface area contributed by atoms with Crippen LogP contribution in [0.2, 0.25) is 0 Å². The van der Waals surface area contributed by atoms with Gasteiger partial charge in [0.05, 0.1) is 0 Å². The van der Waals surface area contributed by atoms with Gasteiger partial charge in [-0.25, -0.2) is 0 Å². The van der Waals surface area contributed by atoms with Gasteiger partial charge in [0.15, 0.2) is 0 Å². The van der Waals surface area contributed by atoms with E-state index in [4.69, 9.17) is 0 Å². The standard InChI is InChI=1S/C20H21N/c1-16(21-15-17-8-3-2-4-9-17)14-19-12-7-11-18-10-5-6-13-20(18)19/h2-13,16,21H,14-15H2,1H3/t16-/m0/s1. The largest absolute Gasteiger partial charge is 0.310 e. The molecule has 0 aliphatic heterocycles. The summed E-state index contributed by atoms with van der Waals surface area (Å²) >= 11 is 0. The fourth-order valence-electron chi connectivity index (χ4n) is 2.76. The van der Waals surface area contributed by atoms with Gasteiger partial charge in [-0.15, -0.1) is 0 Å². The summed E-state index contributed by atoms with van der Waals surface area (Å²) in [4.78, 5) is 0. The number of rotatable bonds is 5. The van der Waals surface area contributed by atoms with Crippen molar-refractivity contribution in [1.82, 2.24) is 5.32 Å². The van der Waals surface area contributed by atoms with E-state index in [1.165, 1.54) is 21.9 Å². The van der Waals surface area contributed by atoms with Crippen LogP contribution in [0.1, 0.15) is 18.1 Å². The van der Waals surface area contributed by atoms with Gasteiger partial charge in [-0.3, -0.25) is 0 Å². The Bertz CT molecular complexity index is 698. The highest BCUT2D eigenvalue weighted by Gasteiger charge is 2.06. The molecular weight excluding hydrogens is 254 g/mol. The van der Waals surface area contributed by atoms with Crippen molar-refractivity contribution in [1.29, 1.82) is 0 Å². The van der Waals surface area contributed by atoms with Crippen LogP contribution >= 0.6 is 0 Å². The minimum Gasteiger partial charge on any atom is -0.310 e. The fourth-order valence-corrected chi connectivity index (χ4v) is 2.76. The highest BCUT2D eigenvalue weighted by atomic mass is 14.9. The maximum Gasteiger partial charge on any atom is 0.0208 e. The van der Waals surface area contributed by atoms with Crippen molar-refractivity contribution in [3.05, 3.63) is 83.9 Å². The lowest BCUT2D eigenvalue weighted by atomic mass is 9.99. The molecule has 0 fully saturated rings. The molecule has 0 aliphatic rings. The van der Waals surface area contributed by atoms with Gasteiger partial charge in [0.1, 0.15) is 0 Å². The molecule has 3 aromatic rings. The minimum atomic E-state index is 0.455. The number of benzene rings is 3. The van der Waals surface area contributed by atoms with Crippen LogP contribution in [-0.4, -0.2) is 6.04 Å². The van der Waals surface area contributed by atoms with Crippen LogP contribution in [0.15, 0.2) is 72.8 Å². The maximum absolute atomic E-state index is 3.61. The molecule has 0 spiro atoms. The monoisotopic (exact) mass is 275 g/mol. The zero-order valence-corrected chi connectivity index (χ0v) is 12.4. The summed E-state index contributed by atoms with van der Waals surface area (Å²) < 4.78 is 0. The van der Waals surface area contributed by atoms with E-state index in [9.17, 15) is 0 Å². The van der Waals surface area contributed by atoms with Crippen molar-refractivity contribution in [2.45, 2.75) is 25.9 Å². The topological polar surface area (TPSA) is 12.0 Å². The Morgan fingerprint density at radius 3 is 2.38 bits per heavy atom. The predicted octanol–water partition coefficient (Wildman–Crippen LogP) is 4.56. The van der Waals surface area contributed by atoms with Gasteiger partial charge >= 0.3 is 0 Å². The molecule has 0 aromatic heterocycles. The van der Waals surface area contributed by atoms with Crippen LogP contribution in [-0.2, 0) is 13.0 Å². The molecule has 1 atom stereocenters. The Hall–Kier alpha value is -2.12. The lowest BCUT2D eigenvalue weighted by molar-refractivity contribution is 0.547. The summed E-state index contributed by atoms with van der Waals surface area (Å²) in [6.07, 6.45) is 1.05. The molecule has 0 radical (unpaired) electrons. The Balaban J connectivity index is 1.67. The van der Waals surface area contributed by atoms with E-state index < -0.39 is 0 Å². The van der Waals surface area contributed by atoms with Gasteiger partial charge in [-0.2, -0.15) is 0 Å². The molecule has 3 aromatic carbocycles. The van der Waals surface area contributed by atoms with Crippen molar-refractivity contribution < 1.29 is 0 Å². The first-order chi connectivity index (χ1) is 10.3. The van der Waals surface area contributed by atoms with E-state index in [1.807, 2.05) is 0 Å². The average molecular weight is 275 g/mol. The fraction of sp³-hybridized carbons (Fsp3) is 0.200. The van der Waals surface area contributed by atoms with E-state index in [2.05, 4.69) is 85.0 Å². The van der Waals surface area contributed by atoms with Gasteiger partial charge in [-0.1, -0.05) is 72.8 Å². The van der Waals surface area contributed by atoms with Crippen LogP contribution < -0.4 is 5.32 Å². The van der Waals surface area contributed by atoms with Crippen molar-refractivity contribution >= 4 is 10.8 Å². The van der Waals surface area contributed by atoms with Gasteiger partial charge in [0, 0.05) is 12.6 Å². The zero-order valence-electron chi connectivity index (χ0n) is 12.4. The third-order valence-electron chi connectivity index (χ3n) is 3.90. The molecule has 0 aliphatic carbocycles. The first-order valence-corrected chi connectivity index (χ1v) is 7.57. The smallest absolute Gasteiger partial charge is 0.0208 e. The van der Waals surface area contributed by atoms with Crippen LogP contribution in [0.4, 0.5) is 0 Å². The van der Waals surface area contributed by atoms with Crippen molar-refractivity contribution in [3.63, 3.8) is 0 Å². The predicted molar refractivity (Wildman–Crippen MR) is 90.4 cm³/mol. The van der Waals surface area contributed by atoms with E-state index in [1.54, 1.807) is 0 Å². The molecule has 1 heteroatoms. The van der Waals surface area contributed by atoms with Crippen LogP contribution in [0.25, 0.3) is 10.8 Å². The zero-order chi connectivity index (χ0) is 14.5. The third kappa shape index (κ3) is 3.50. The Morgan fingerprint density at radius 2 is 1.52 bits per heavy atom. The van der Waals surface area contributed by atoms with Crippen LogP contribution in [0.5, 0.6) is 0 Å². The summed E-state index contributed by atoms with van der Waals surface area (Å²) in [6, 6.07) is 26.2. The number of hydrogen-bond donors (Lipinski definition) is 1. The number of nitrogens with one attached hydrogen (secondary N) is 1. The lowest BCUT2D eigenvalue weighted by Gasteiger charge is -2.15. The Morgan fingerprint density at radius 1 is 0.810 bits per heavy atom. The molecule has 106 valence electrons. The van der Waals surface area contributed by atoms with E-state index in [-0.39, 0.29) is 0 Å². The minimum absolute atomic E-state index is 0.455. The molecule has 0 bridgehead atoms. The van der Waals surface area contributed by atoms with Crippen molar-refractivity contribution in [3.8, 4) is 0 Å². The maximum atomic E-state index is 3.61.